The number of imide groups is 1. The second kappa shape index (κ2) is 8.86. The van der Waals surface area contributed by atoms with Gasteiger partial charge in [0.15, 0.2) is 5.96 Å². The first kappa shape index (κ1) is 21.8. The topological polar surface area (TPSA) is 95.1 Å². The second-order valence-corrected chi connectivity index (χ2v) is 7.87. The standard InChI is InChI=1S/C20H27N5O3.HI/c1-20(17(26)23-19(27)24-20)16-5-7-25(8-6-16)18(21-2)22-10-13-3-4-14-11-28-12-15(14)9-13;/h3-4,9,16H,5-8,10-12H2,1-2H3,(H,21,22)(H2,23,24,26,27);1H. The van der Waals surface area contributed by atoms with Gasteiger partial charge in [-0.05, 0) is 42.4 Å². The van der Waals surface area contributed by atoms with Gasteiger partial charge in [0, 0.05) is 26.7 Å². The van der Waals surface area contributed by atoms with Gasteiger partial charge in [0.2, 0.25) is 0 Å². The SMILES string of the molecule is CN=C(NCc1ccc2c(c1)COC2)N1CCC(C2(C)NC(=O)NC2=O)CC1.I. The summed E-state index contributed by atoms with van der Waals surface area (Å²) >= 11 is 0. The van der Waals surface area contributed by atoms with Crippen molar-refractivity contribution in [2.75, 3.05) is 20.1 Å². The molecule has 8 nitrogen and oxygen atoms in total. The minimum atomic E-state index is -0.813. The monoisotopic (exact) mass is 513 g/mol. The minimum Gasteiger partial charge on any atom is -0.372 e. The highest BCUT2D eigenvalue weighted by Gasteiger charge is 2.48. The maximum atomic E-state index is 12.2. The average molecular weight is 513 g/mol. The lowest BCUT2D eigenvalue weighted by Gasteiger charge is -2.39. The Hall–Kier alpha value is -1.88. The van der Waals surface area contributed by atoms with Gasteiger partial charge in [0.1, 0.15) is 5.54 Å². The molecule has 1 aromatic carbocycles. The van der Waals surface area contributed by atoms with E-state index in [0.29, 0.717) is 19.8 Å². The van der Waals surface area contributed by atoms with E-state index in [2.05, 4.69) is 44.0 Å². The van der Waals surface area contributed by atoms with Gasteiger partial charge < -0.3 is 20.3 Å². The summed E-state index contributed by atoms with van der Waals surface area (Å²) in [6.07, 6.45) is 1.64. The molecular weight excluding hydrogens is 485 g/mol. The van der Waals surface area contributed by atoms with Crippen molar-refractivity contribution in [2.45, 2.75) is 45.1 Å². The molecule has 0 aromatic heterocycles. The van der Waals surface area contributed by atoms with Crippen LogP contribution >= 0.6 is 24.0 Å². The Kier molecular flexibility index (Phi) is 6.67. The first-order chi connectivity index (χ1) is 13.5. The zero-order chi connectivity index (χ0) is 19.7. The Morgan fingerprint density at radius 2 is 2.00 bits per heavy atom. The predicted octanol–water partition coefficient (Wildman–Crippen LogP) is 1.72. The van der Waals surface area contributed by atoms with Crippen LogP contribution in [0.3, 0.4) is 0 Å². The fourth-order valence-electron chi connectivity index (χ4n) is 4.36. The quantitative estimate of drug-likeness (QED) is 0.248. The van der Waals surface area contributed by atoms with Gasteiger partial charge >= 0.3 is 6.03 Å². The lowest BCUT2D eigenvalue weighted by atomic mass is 9.79. The van der Waals surface area contributed by atoms with Crippen molar-refractivity contribution < 1.29 is 14.3 Å². The molecule has 29 heavy (non-hydrogen) atoms. The van der Waals surface area contributed by atoms with Crippen LogP contribution in [0.25, 0.3) is 0 Å². The van der Waals surface area contributed by atoms with Gasteiger partial charge in [-0.15, -0.1) is 24.0 Å². The molecule has 2 fully saturated rings. The van der Waals surface area contributed by atoms with Gasteiger partial charge in [-0.3, -0.25) is 15.1 Å². The Labute approximate surface area is 187 Å². The molecule has 1 unspecified atom stereocenters. The number of ether oxygens (including phenoxy) is 1. The van der Waals surface area contributed by atoms with Crippen molar-refractivity contribution in [2.24, 2.45) is 10.9 Å². The number of fused-ring (bicyclic) bond motifs is 1. The number of aliphatic imine (C=N–C) groups is 1. The Balaban J connectivity index is 0.00000240. The molecule has 3 N–H and O–H groups in total. The summed E-state index contributed by atoms with van der Waals surface area (Å²) in [6, 6.07) is 6.06. The third kappa shape index (κ3) is 4.35. The summed E-state index contributed by atoms with van der Waals surface area (Å²) in [7, 11) is 1.79. The maximum Gasteiger partial charge on any atom is 0.322 e. The van der Waals surface area contributed by atoms with Crippen molar-refractivity contribution in [1.29, 1.82) is 0 Å². The highest BCUT2D eigenvalue weighted by molar-refractivity contribution is 14.0. The molecule has 9 heteroatoms. The summed E-state index contributed by atoms with van der Waals surface area (Å²) in [5.41, 5.74) is 2.93. The number of urea groups is 1. The number of hydrogen-bond donors (Lipinski definition) is 3. The molecule has 0 radical (unpaired) electrons. The van der Waals surface area contributed by atoms with Crippen LogP contribution < -0.4 is 16.0 Å². The molecule has 3 aliphatic rings. The highest BCUT2D eigenvalue weighted by Crippen LogP contribution is 2.30. The summed E-state index contributed by atoms with van der Waals surface area (Å²) in [5, 5.41) is 8.60. The summed E-state index contributed by atoms with van der Waals surface area (Å²) in [6.45, 7) is 5.50. The van der Waals surface area contributed by atoms with Gasteiger partial charge in [0.25, 0.3) is 5.91 Å². The number of guanidine groups is 1. The van der Waals surface area contributed by atoms with Crippen LogP contribution in [0, 0.1) is 5.92 Å². The van der Waals surface area contributed by atoms with E-state index in [1.165, 1.54) is 16.7 Å². The number of carbonyl (C=O) groups is 2. The Morgan fingerprint density at radius 1 is 1.28 bits per heavy atom. The maximum absolute atomic E-state index is 12.2. The number of carbonyl (C=O) groups excluding carboxylic acids is 2. The molecule has 2 saturated heterocycles. The molecule has 0 spiro atoms. The van der Waals surface area contributed by atoms with E-state index in [-0.39, 0.29) is 35.8 Å². The van der Waals surface area contributed by atoms with Crippen molar-refractivity contribution in [3.05, 3.63) is 34.9 Å². The molecule has 0 bridgehead atoms. The van der Waals surface area contributed by atoms with E-state index in [1.807, 2.05) is 6.92 Å². The van der Waals surface area contributed by atoms with Crippen LogP contribution in [0.5, 0.6) is 0 Å². The number of likely N-dealkylation sites (tertiary alicyclic amines) is 1. The average Bonchev–Trinajstić information content (AvgIpc) is 3.26. The molecule has 0 saturated carbocycles. The van der Waals surface area contributed by atoms with E-state index in [1.54, 1.807) is 7.05 Å². The Bertz CT molecular complexity index is 822. The molecule has 3 aliphatic heterocycles. The number of nitrogens with zero attached hydrogens (tertiary/aromatic N) is 2. The number of halogens is 1. The molecule has 4 rings (SSSR count). The zero-order valence-corrected chi connectivity index (χ0v) is 19.1. The van der Waals surface area contributed by atoms with Gasteiger partial charge in [0.05, 0.1) is 13.2 Å². The van der Waals surface area contributed by atoms with Crippen LogP contribution in [0.15, 0.2) is 23.2 Å². The third-order valence-corrected chi connectivity index (χ3v) is 6.13. The van der Waals surface area contributed by atoms with E-state index in [9.17, 15) is 9.59 Å². The van der Waals surface area contributed by atoms with Crippen molar-refractivity contribution >= 4 is 41.9 Å². The van der Waals surface area contributed by atoms with E-state index >= 15 is 0 Å². The Morgan fingerprint density at radius 3 is 2.66 bits per heavy atom. The molecule has 3 heterocycles. The third-order valence-electron chi connectivity index (χ3n) is 6.13. The van der Waals surface area contributed by atoms with Crippen molar-refractivity contribution in [1.82, 2.24) is 20.9 Å². The van der Waals surface area contributed by atoms with Crippen molar-refractivity contribution in [3.8, 4) is 0 Å². The molecule has 158 valence electrons. The fraction of sp³-hybridized carbons (Fsp3) is 0.550. The van der Waals surface area contributed by atoms with Gasteiger partial charge in [-0.2, -0.15) is 0 Å². The number of rotatable bonds is 3. The second-order valence-electron chi connectivity index (χ2n) is 7.87. The number of amides is 3. The summed E-state index contributed by atoms with van der Waals surface area (Å²) in [4.78, 5) is 30.3. The zero-order valence-electron chi connectivity index (χ0n) is 16.8. The van der Waals surface area contributed by atoms with Crippen LogP contribution in [-0.2, 0) is 29.3 Å². The smallest absolute Gasteiger partial charge is 0.322 e. The van der Waals surface area contributed by atoms with Crippen LogP contribution in [0.2, 0.25) is 0 Å². The number of nitrogens with one attached hydrogen (secondary N) is 3. The highest BCUT2D eigenvalue weighted by atomic mass is 127. The normalized spacial score (nSPS) is 24.6. The largest absolute Gasteiger partial charge is 0.372 e. The van der Waals surface area contributed by atoms with Crippen LogP contribution in [0.4, 0.5) is 4.79 Å². The number of hydrogen-bond acceptors (Lipinski definition) is 4. The lowest BCUT2D eigenvalue weighted by molar-refractivity contribution is -0.125. The first-order valence-corrected chi connectivity index (χ1v) is 9.77. The van der Waals surface area contributed by atoms with E-state index in [4.69, 9.17) is 4.74 Å². The minimum absolute atomic E-state index is 0. The lowest BCUT2D eigenvalue weighted by Crippen LogP contribution is -2.55. The summed E-state index contributed by atoms with van der Waals surface area (Å²) < 4.78 is 5.48. The van der Waals surface area contributed by atoms with Crippen molar-refractivity contribution in [3.63, 3.8) is 0 Å². The molecule has 3 amide bonds. The molecule has 0 aliphatic carbocycles. The molecular formula is C20H28IN5O3. The molecule has 1 atom stereocenters. The number of benzene rings is 1. The molecule has 1 aromatic rings. The van der Waals surface area contributed by atoms with Crippen LogP contribution in [-0.4, -0.2) is 48.5 Å². The summed E-state index contributed by atoms with van der Waals surface area (Å²) in [5.74, 6) is 0.754. The van der Waals surface area contributed by atoms with E-state index < -0.39 is 11.6 Å². The fourth-order valence-corrected chi connectivity index (χ4v) is 4.36. The van der Waals surface area contributed by atoms with Gasteiger partial charge in [-0.25, -0.2) is 4.79 Å². The number of piperidine rings is 1. The van der Waals surface area contributed by atoms with E-state index in [0.717, 1.165) is 31.9 Å². The van der Waals surface area contributed by atoms with Gasteiger partial charge in [-0.1, -0.05) is 18.2 Å². The first-order valence-electron chi connectivity index (χ1n) is 9.77. The van der Waals surface area contributed by atoms with Crippen LogP contribution in [0.1, 0.15) is 36.5 Å². The predicted molar refractivity (Wildman–Crippen MR) is 120 cm³/mol.